The average Bonchev–Trinajstić information content (AvgIpc) is 2.87. The molecule has 0 saturated carbocycles. The van der Waals surface area contributed by atoms with Crippen LogP contribution in [0.2, 0.25) is 0 Å². The van der Waals surface area contributed by atoms with E-state index in [1.165, 1.54) is 0 Å². The fourth-order valence-corrected chi connectivity index (χ4v) is 4.02. The molecule has 1 atom stereocenters. The predicted octanol–water partition coefficient (Wildman–Crippen LogP) is 2.12. The highest BCUT2D eigenvalue weighted by atomic mass is 79.9. The first-order valence-corrected chi connectivity index (χ1v) is 9.17. The number of halogens is 1. The van der Waals surface area contributed by atoms with E-state index in [1.807, 2.05) is 13.8 Å². The van der Waals surface area contributed by atoms with Crippen molar-refractivity contribution in [2.45, 2.75) is 37.2 Å². The Bertz CT molecular complexity index is 601. The number of nitrogens with zero attached hydrogens (tertiary/aromatic N) is 1. The lowest BCUT2D eigenvalue weighted by atomic mass is 10.0. The molecular formula is C13H20BrN3O3S. The van der Waals surface area contributed by atoms with Crippen molar-refractivity contribution in [3.05, 3.63) is 16.7 Å². The molecule has 21 heavy (non-hydrogen) atoms. The highest BCUT2D eigenvalue weighted by Gasteiger charge is 2.32. The van der Waals surface area contributed by atoms with Gasteiger partial charge in [-0.05, 0) is 48.7 Å². The highest BCUT2D eigenvalue weighted by molar-refractivity contribution is 9.10. The molecule has 118 valence electrons. The fourth-order valence-electron chi connectivity index (χ4n) is 2.23. The zero-order valence-corrected chi connectivity index (χ0v) is 14.6. The largest absolute Gasteiger partial charge is 0.374 e. The van der Waals surface area contributed by atoms with Gasteiger partial charge in [-0.25, -0.2) is 18.1 Å². The summed E-state index contributed by atoms with van der Waals surface area (Å²) in [6.45, 7) is 5.35. The van der Waals surface area contributed by atoms with Crippen molar-refractivity contribution in [1.82, 2.24) is 9.71 Å². The number of aromatic nitrogens is 1. The first-order chi connectivity index (χ1) is 9.86. The summed E-state index contributed by atoms with van der Waals surface area (Å²) in [6, 6.07) is 1.55. The molecule has 0 bridgehead atoms. The predicted molar refractivity (Wildman–Crippen MR) is 84.9 cm³/mol. The summed E-state index contributed by atoms with van der Waals surface area (Å²) in [5.74, 6) is 0.352. The maximum atomic E-state index is 12.5. The molecule has 1 fully saturated rings. The van der Waals surface area contributed by atoms with Gasteiger partial charge in [-0.1, -0.05) is 0 Å². The normalized spacial score (nSPS) is 22.4. The zero-order valence-electron chi connectivity index (χ0n) is 12.1. The summed E-state index contributed by atoms with van der Waals surface area (Å²) in [5, 5.41) is 2.96. The second-order valence-corrected chi connectivity index (χ2v) is 7.91. The average molecular weight is 378 g/mol. The van der Waals surface area contributed by atoms with Crippen molar-refractivity contribution in [1.29, 1.82) is 0 Å². The minimum Gasteiger partial charge on any atom is -0.374 e. The molecule has 2 rings (SSSR count). The van der Waals surface area contributed by atoms with Crippen molar-refractivity contribution in [3.63, 3.8) is 0 Å². The molecule has 1 aliphatic rings. The van der Waals surface area contributed by atoms with Crippen molar-refractivity contribution in [3.8, 4) is 0 Å². The molecule has 0 aromatic carbocycles. The molecule has 0 aliphatic carbocycles. The zero-order chi connectivity index (χ0) is 15.5. The SMILES string of the molecule is CCNc1ncc(Br)cc1S(=O)(=O)NCC1(C)CCCO1. The maximum absolute atomic E-state index is 12.5. The van der Waals surface area contributed by atoms with Gasteiger partial charge in [0.25, 0.3) is 0 Å². The third-order valence-corrected chi connectivity index (χ3v) is 5.24. The van der Waals surface area contributed by atoms with Crippen LogP contribution in [0.3, 0.4) is 0 Å². The monoisotopic (exact) mass is 377 g/mol. The number of pyridine rings is 1. The van der Waals surface area contributed by atoms with Crippen LogP contribution in [0, 0.1) is 0 Å². The number of hydrogen-bond acceptors (Lipinski definition) is 5. The van der Waals surface area contributed by atoms with E-state index in [0.29, 0.717) is 23.4 Å². The standard InChI is InChI=1S/C13H20BrN3O3S/c1-3-15-12-11(7-10(14)8-16-12)21(18,19)17-9-13(2)5-4-6-20-13/h7-8,17H,3-6,9H2,1-2H3,(H,15,16). The van der Waals surface area contributed by atoms with Crippen LogP contribution >= 0.6 is 15.9 Å². The molecule has 1 aliphatic heterocycles. The number of anilines is 1. The molecule has 2 N–H and O–H groups in total. The van der Waals surface area contributed by atoms with Crippen LogP contribution in [0.1, 0.15) is 26.7 Å². The van der Waals surface area contributed by atoms with Gasteiger partial charge in [0.2, 0.25) is 10.0 Å². The van der Waals surface area contributed by atoms with Gasteiger partial charge in [-0.3, -0.25) is 0 Å². The quantitative estimate of drug-likeness (QED) is 0.793. The van der Waals surface area contributed by atoms with Crippen molar-refractivity contribution in [2.75, 3.05) is 25.0 Å². The van der Waals surface area contributed by atoms with E-state index >= 15 is 0 Å². The van der Waals surface area contributed by atoms with Gasteiger partial charge in [-0.15, -0.1) is 0 Å². The van der Waals surface area contributed by atoms with Crippen LogP contribution in [0.15, 0.2) is 21.6 Å². The third-order valence-electron chi connectivity index (χ3n) is 3.39. The van der Waals surface area contributed by atoms with Crippen LogP contribution in [-0.2, 0) is 14.8 Å². The molecule has 0 amide bonds. The molecule has 1 saturated heterocycles. The van der Waals surface area contributed by atoms with Gasteiger partial charge in [0, 0.05) is 30.4 Å². The van der Waals surface area contributed by atoms with Gasteiger partial charge in [0.1, 0.15) is 10.7 Å². The van der Waals surface area contributed by atoms with Gasteiger partial charge in [-0.2, -0.15) is 0 Å². The topological polar surface area (TPSA) is 80.3 Å². The van der Waals surface area contributed by atoms with Crippen molar-refractivity contribution < 1.29 is 13.2 Å². The van der Waals surface area contributed by atoms with E-state index in [-0.39, 0.29) is 11.4 Å². The molecule has 2 heterocycles. The Balaban J connectivity index is 2.20. The van der Waals surface area contributed by atoms with Crippen LogP contribution in [0.4, 0.5) is 5.82 Å². The molecule has 0 spiro atoms. The molecule has 0 radical (unpaired) electrons. The Kier molecular flexibility index (Phi) is 5.24. The molecular weight excluding hydrogens is 358 g/mol. The number of nitrogens with one attached hydrogen (secondary N) is 2. The van der Waals surface area contributed by atoms with Crippen LogP contribution in [-0.4, -0.2) is 38.7 Å². The number of ether oxygens (including phenoxy) is 1. The molecule has 8 heteroatoms. The lowest BCUT2D eigenvalue weighted by Crippen LogP contribution is -2.40. The molecule has 1 unspecified atom stereocenters. The summed E-state index contributed by atoms with van der Waals surface area (Å²) in [4.78, 5) is 4.26. The second kappa shape index (κ2) is 6.60. The van der Waals surface area contributed by atoms with E-state index in [9.17, 15) is 8.42 Å². The van der Waals surface area contributed by atoms with Crippen molar-refractivity contribution in [2.24, 2.45) is 0 Å². The van der Waals surface area contributed by atoms with E-state index in [4.69, 9.17) is 4.74 Å². The minimum absolute atomic E-state index is 0.139. The Morgan fingerprint density at radius 2 is 2.29 bits per heavy atom. The van der Waals surface area contributed by atoms with Gasteiger partial charge in [0.05, 0.1) is 5.60 Å². The lowest BCUT2D eigenvalue weighted by molar-refractivity contribution is 0.0250. The number of hydrogen-bond donors (Lipinski definition) is 2. The Labute approximate surface area is 133 Å². The Morgan fingerprint density at radius 1 is 1.52 bits per heavy atom. The smallest absolute Gasteiger partial charge is 0.244 e. The molecule has 1 aromatic heterocycles. The first-order valence-electron chi connectivity index (χ1n) is 6.89. The molecule has 1 aromatic rings. The van der Waals surface area contributed by atoms with E-state index in [1.54, 1.807) is 12.3 Å². The maximum Gasteiger partial charge on any atom is 0.244 e. The second-order valence-electron chi connectivity index (χ2n) is 5.26. The van der Waals surface area contributed by atoms with Crippen LogP contribution in [0.5, 0.6) is 0 Å². The first kappa shape index (κ1) is 16.7. The Hall–Kier alpha value is -0.700. The minimum atomic E-state index is -3.65. The lowest BCUT2D eigenvalue weighted by Gasteiger charge is -2.23. The highest BCUT2D eigenvalue weighted by Crippen LogP contribution is 2.26. The van der Waals surface area contributed by atoms with Crippen molar-refractivity contribution >= 4 is 31.8 Å². The Morgan fingerprint density at radius 3 is 2.90 bits per heavy atom. The van der Waals surface area contributed by atoms with Gasteiger partial charge >= 0.3 is 0 Å². The molecule has 6 nitrogen and oxygen atoms in total. The number of rotatable bonds is 6. The third kappa shape index (κ3) is 4.15. The van der Waals surface area contributed by atoms with Gasteiger partial charge in [0.15, 0.2) is 0 Å². The summed E-state index contributed by atoms with van der Waals surface area (Å²) < 4.78 is 33.9. The van der Waals surface area contributed by atoms with Crippen LogP contribution < -0.4 is 10.0 Å². The fraction of sp³-hybridized carbons (Fsp3) is 0.615. The summed E-state index contributed by atoms with van der Waals surface area (Å²) in [6.07, 6.45) is 3.38. The van der Waals surface area contributed by atoms with E-state index < -0.39 is 15.6 Å². The summed E-state index contributed by atoms with van der Waals surface area (Å²) in [7, 11) is -3.65. The number of sulfonamides is 1. The van der Waals surface area contributed by atoms with E-state index in [0.717, 1.165) is 12.8 Å². The van der Waals surface area contributed by atoms with E-state index in [2.05, 4.69) is 31.0 Å². The van der Waals surface area contributed by atoms with Gasteiger partial charge < -0.3 is 10.1 Å². The summed E-state index contributed by atoms with van der Waals surface area (Å²) in [5.41, 5.74) is -0.426. The summed E-state index contributed by atoms with van der Waals surface area (Å²) >= 11 is 3.26. The van der Waals surface area contributed by atoms with Crippen LogP contribution in [0.25, 0.3) is 0 Å².